The van der Waals surface area contributed by atoms with Gasteiger partial charge in [0.15, 0.2) is 0 Å². The van der Waals surface area contributed by atoms with Gasteiger partial charge in [-0.15, -0.1) is 0 Å². The van der Waals surface area contributed by atoms with Gasteiger partial charge >= 0.3 is 0 Å². The largest absolute Gasteiger partial charge is 0.496 e. The average molecular weight is 493 g/mol. The number of carbonyl (C=O) groups excluding carboxylic acids is 1. The molecule has 2 heterocycles. The van der Waals surface area contributed by atoms with E-state index in [-0.39, 0.29) is 25.1 Å². The fourth-order valence-corrected chi connectivity index (χ4v) is 4.77. The number of nitrogens with one attached hydrogen (secondary N) is 1. The Bertz CT molecular complexity index is 1190. The van der Waals surface area contributed by atoms with Gasteiger partial charge < -0.3 is 20.1 Å². The molecule has 192 valence electrons. The number of nitrogens with zero attached hydrogens (tertiary/aromatic N) is 5. The van der Waals surface area contributed by atoms with E-state index in [0.717, 1.165) is 54.9 Å². The third-order valence-electron chi connectivity index (χ3n) is 6.66. The minimum absolute atomic E-state index is 0.154. The van der Waals surface area contributed by atoms with E-state index in [4.69, 9.17) is 9.72 Å². The third-order valence-corrected chi connectivity index (χ3v) is 6.66. The Kier molecular flexibility index (Phi) is 8.22. The van der Waals surface area contributed by atoms with Crippen LogP contribution in [0.2, 0.25) is 0 Å². The highest BCUT2D eigenvalue weighted by molar-refractivity contribution is 5.94. The van der Waals surface area contributed by atoms with Crippen LogP contribution >= 0.6 is 0 Å². The molecule has 1 amide bonds. The van der Waals surface area contributed by atoms with E-state index in [1.165, 1.54) is 23.1 Å². The highest BCUT2D eigenvalue weighted by Gasteiger charge is 2.24. The van der Waals surface area contributed by atoms with E-state index in [2.05, 4.69) is 40.3 Å². The summed E-state index contributed by atoms with van der Waals surface area (Å²) in [6, 6.07) is 14.2. The highest BCUT2D eigenvalue weighted by atomic mass is 16.5. The van der Waals surface area contributed by atoms with Crippen LogP contribution in [-0.2, 0) is 11.3 Å². The Morgan fingerprint density at radius 3 is 2.56 bits per heavy atom. The molecule has 4 rings (SSSR count). The van der Waals surface area contributed by atoms with E-state index in [0.29, 0.717) is 5.95 Å². The van der Waals surface area contributed by atoms with E-state index in [1.54, 1.807) is 7.11 Å². The van der Waals surface area contributed by atoms with E-state index in [9.17, 15) is 9.90 Å². The number of hydrogen-bond donors (Lipinski definition) is 2. The smallest absolute Gasteiger partial charge is 0.234 e. The van der Waals surface area contributed by atoms with Crippen LogP contribution in [0.3, 0.4) is 0 Å². The lowest BCUT2D eigenvalue weighted by Gasteiger charge is -2.34. The number of methoxy groups -OCH3 is 1. The lowest BCUT2D eigenvalue weighted by molar-refractivity contribution is -0.116. The Labute approximate surface area is 212 Å². The van der Waals surface area contributed by atoms with Crippen molar-refractivity contribution < 1.29 is 14.6 Å². The molecule has 1 aliphatic heterocycles. The topological polar surface area (TPSA) is 94.1 Å². The van der Waals surface area contributed by atoms with Gasteiger partial charge in [-0.05, 0) is 37.1 Å². The molecule has 0 unspecified atom stereocenters. The van der Waals surface area contributed by atoms with Crippen LogP contribution in [0, 0.1) is 0 Å². The summed E-state index contributed by atoms with van der Waals surface area (Å²) < 4.78 is 5.66. The molecule has 9 nitrogen and oxygen atoms in total. The number of para-hydroxylation sites is 1. The Hall–Kier alpha value is -3.43. The molecule has 0 spiro atoms. The predicted octanol–water partition coefficient (Wildman–Crippen LogP) is 3.13. The molecule has 1 fully saturated rings. The van der Waals surface area contributed by atoms with Crippen LogP contribution < -0.4 is 19.9 Å². The molecule has 0 radical (unpaired) electrons. The molecular weight excluding hydrogens is 456 g/mol. The van der Waals surface area contributed by atoms with Crippen molar-refractivity contribution in [2.75, 3.05) is 62.6 Å². The minimum atomic E-state index is -0.202. The summed E-state index contributed by atoms with van der Waals surface area (Å²) in [4.78, 5) is 27.5. The zero-order valence-electron chi connectivity index (χ0n) is 21.6. The molecule has 3 aromatic rings. The van der Waals surface area contributed by atoms with Gasteiger partial charge in [-0.25, -0.2) is 4.98 Å². The van der Waals surface area contributed by atoms with Crippen molar-refractivity contribution in [1.29, 1.82) is 0 Å². The molecular formula is C27H36N6O3. The maximum absolute atomic E-state index is 12.2. The number of piperidine rings is 1. The SMILES string of the molecule is COc1cccc(N(C)C)c1CN1CCC(Nc2nc(N(CCO)C(C)=O)nc3ccccc23)CC1. The van der Waals surface area contributed by atoms with Gasteiger partial charge in [-0.2, -0.15) is 4.98 Å². The molecule has 1 aromatic heterocycles. The van der Waals surface area contributed by atoms with Gasteiger partial charge in [0.25, 0.3) is 0 Å². The quantitative estimate of drug-likeness (QED) is 0.471. The zero-order chi connectivity index (χ0) is 25.7. The fourth-order valence-electron chi connectivity index (χ4n) is 4.77. The number of anilines is 3. The Morgan fingerprint density at radius 1 is 1.14 bits per heavy atom. The van der Waals surface area contributed by atoms with Gasteiger partial charge in [0.1, 0.15) is 11.6 Å². The number of amides is 1. The van der Waals surface area contributed by atoms with Gasteiger partial charge in [0.2, 0.25) is 11.9 Å². The van der Waals surface area contributed by atoms with E-state index in [1.807, 2.05) is 36.4 Å². The number of aromatic nitrogens is 2. The molecule has 0 bridgehead atoms. The Morgan fingerprint density at radius 2 is 1.89 bits per heavy atom. The summed E-state index contributed by atoms with van der Waals surface area (Å²) in [6.07, 6.45) is 1.93. The van der Waals surface area contributed by atoms with Crippen LogP contribution in [0.1, 0.15) is 25.3 Å². The molecule has 0 atom stereocenters. The summed E-state index contributed by atoms with van der Waals surface area (Å²) in [7, 11) is 5.84. The normalized spacial score (nSPS) is 14.6. The summed E-state index contributed by atoms with van der Waals surface area (Å²) in [5, 5.41) is 14.0. The van der Waals surface area contributed by atoms with Crippen molar-refractivity contribution >= 4 is 34.3 Å². The molecule has 2 N–H and O–H groups in total. The van der Waals surface area contributed by atoms with Gasteiger partial charge in [-0.3, -0.25) is 14.6 Å². The van der Waals surface area contributed by atoms with Gasteiger partial charge in [-0.1, -0.05) is 18.2 Å². The lowest BCUT2D eigenvalue weighted by Crippen LogP contribution is -2.39. The standard InChI is InChI=1S/C27H36N6O3/c1-19(35)33(16-17-34)27-29-23-9-6-5-8-21(23)26(30-27)28-20-12-14-32(15-13-20)18-22-24(31(2)3)10-7-11-25(22)36-4/h5-11,20,34H,12-18H2,1-4H3,(H,28,29,30). The maximum atomic E-state index is 12.2. The molecule has 0 aliphatic carbocycles. The number of benzene rings is 2. The average Bonchev–Trinajstić information content (AvgIpc) is 2.88. The fraction of sp³-hybridized carbons (Fsp3) is 0.444. The first-order valence-electron chi connectivity index (χ1n) is 12.4. The monoisotopic (exact) mass is 492 g/mol. The van der Waals surface area contributed by atoms with Crippen molar-refractivity contribution in [3.8, 4) is 5.75 Å². The minimum Gasteiger partial charge on any atom is -0.496 e. The molecule has 1 saturated heterocycles. The lowest BCUT2D eigenvalue weighted by atomic mass is 10.0. The second-order valence-corrected chi connectivity index (χ2v) is 9.33. The molecule has 9 heteroatoms. The van der Waals surface area contributed by atoms with Gasteiger partial charge in [0.05, 0.1) is 25.8 Å². The van der Waals surface area contributed by atoms with Gasteiger partial charge in [0, 0.05) is 63.3 Å². The van der Waals surface area contributed by atoms with Crippen LogP contribution in [0.5, 0.6) is 5.75 Å². The maximum Gasteiger partial charge on any atom is 0.234 e. The third kappa shape index (κ3) is 5.68. The van der Waals surface area contributed by atoms with Crippen LogP contribution in [0.25, 0.3) is 10.9 Å². The molecule has 2 aromatic carbocycles. The number of aliphatic hydroxyl groups excluding tert-OH is 1. The van der Waals surface area contributed by atoms with Crippen molar-refractivity contribution in [1.82, 2.24) is 14.9 Å². The van der Waals surface area contributed by atoms with Crippen LogP contribution in [-0.4, -0.2) is 79.4 Å². The summed E-state index contributed by atoms with van der Waals surface area (Å²) in [5.74, 6) is 1.74. The second-order valence-electron chi connectivity index (χ2n) is 9.33. The predicted molar refractivity (Wildman–Crippen MR) is 144 cm³/mol. The first kappa shape index (κ1) is 25.7. The summed E-state index contributed by atoms with van der Waals surface area (Å²) in [6.45, 7) is 4.19. The molecule has 0 saturated carbocycles. The number of carbonyl (C=O) groups is 1. The first-order chi connectivity index (χ1) is 17.4. The number of likely N-dealkylation sites (tertiary alicyclic amines) is 1. The Balaban J connectivity index is 1.49. The zero-order valence-corrected chi connectivity index (χ0v) is 21.6. The van der Waals surface area contributed by atoms with Crippen molar-refractivity contribution in [2.45, 2.75) is 32.4 Å². The van der Waals surface area contributed by atoms with Crippen molar-refractivity contribution in [3.05, 3.63) is 48.0 Å². The number of fused-ring (bicyclic) bond motifs is 1. The summed E-state index contributed by atoms with van der Waals surface area (Å²) >= 11 is 0. The number of aliphatic hydroxyl groups is 1. The molecule has 36 heavy (non-hydrogen) atoms. The van der Waals surface area contributed by atoms with Crippen LogP contribution in [0.4, 0.5) is 17.5 Å². The van der Waals surface area contributed by atoms with Crippen molar-refractivity contribution in [2.24, 2.45) is 0 Å². The van der Waals surface area contributed by atoms with Crippen molar-refractivity contribution in [3.63, 3.8) is 0 Å². The molecule has 1 aliphatic rings. The van der Waals surface area contributed by atoms with E-state index >= 15 is 0 Å². The second kappa shape index (κ2) is 11.5. The number of rotatable bonds is 9. The highest BCUT2D eigenvalue weighted by Crippen LogP contribution is 2.31. The number of hydrogen-bond acceptors (Lipinski definition) is 8. The first-order valence-corrected chi connectivity index (χ1v) is 12.4. The number of ether oxygens (including phenoxy) is 1. The van der Waals surface area contributed by atoms with Crippen LogP contribution in [0.15, 0.2) is 42.5 Å². The van der Waals surface area contributed by atoms with E-state index < -0.39 is 0 Å². The summed E-state index contributed by atoms with van der Waals surface area (Å²) in [5.41, 5.74) is 3.14.